The molecule has 0 aliphatic carbocycles. The Morgan fingerprint density at radius 2 is 2.16 bits per heavy atom. The first-order chi connectivity index (χ1) is 9.24. The molecule has 1 N–H and O–H groups in total. The van der Waals surface area contributed by atoms with E-state index in [4.69, 9.17) is 4.74 Å². The molecule has 4 nitrogen and oxygen atoms in total. The number of aromatic nitrogens is 2. The van der Waals surface area contributed by atoms with Gasteiger partial charge in [0.05, 0.1) is 5.52 Å². The topological polar surface area (TPSA) is 55.0 Å². The summed E-state index contributed by atoms with van der Waals surface area (Å²) in [6.45, 7) is 2.24. The van der Waals surface area contributed by atoms with Gasteiger partial charge in [-0.3, -0.25) is 4.79 Å². The predicted octanol–water partition coefficient (Wildman–Crippen LogP) is 2.87. The molecule has 0 radical (unpaired) electrons. The maximum atomic E-state index is 11.8. The summed E-state index contributed by atoms with van der Waals surface area (Å²) in [7, 11) is 0. The minimum atomic E-state index is -0.108. The fourth-order valence-corrected chi connectivity index (χ4v) is 2.58. The van der Waals surface area contributed by atoms with E-state index in [2.05, 4.69) is 9.97 Å². The number of thiophene rings is 1. The molecular weight excluding hydrogens is 260 g/mol. The number of nitrogens with one attached hydrogen (secondary N) is 1. The summed E-state index contributed by atoms with van der Waals surface area (Å²) in [6, 6.07) is 9.59. The second kappa shape index (κ2) is 4.85. The van der Waals surface area contributed by atoms with Crippen molar-refractivity contribution in [2.75, 3.05) is 0 Å². The van der Waals surface area contributed by atoms with E-state index in [1.165, 1.54) is 11.3 Å². The van der Waals surface area contributed by atoms with Crippen LogP contribution in [0.2, 0.25) is 0 Å². The summed E-state index contributed by atoms with van der Waals surface area (Å²) in [6.07, 6.45) is 0. The van der Waals surface area contributed by atoms with Crippen molar-refractivity contribution in [1.82, 2.24) is 9.97 Å². The third kappa shape index (κ3) is 2.37. The Labute approximate surface area is 113 Å². The first kappa shape index (κ1) is 11.9. The van der Waals surface area contributed by atoms with Gasteiger partial charge in [-0.25, -0.2) is 4.98 Å². The van der Waals surface area contributed by atoms with E-state index in [0.29, 0.717) is 10.5 Å². The smallest absolute Gasteiger partial charge is 0.268 e. The minimum absolute atomic E-state index is 0.108. The zero-order valence-corrected chi connectivity index (χ0v) is 11.2. The van der Waals surface area contributed by atoms with Gasteiger partial charge in [0.1, 0.15) is 22.9 Å². The van der Waals surface area contributed by atoms with E-state index in [1.807, 2.05) is 42.6 Å². The molecule has 2 heterocycles. The number of aryl methyl sites for hydroxylation is 1. The van der Waals surface area contributed by atoms with Crippen molar-refractivity contribution in [2.24, 2.45) is 0 Å². The predicted molar refractivity (Wildman–Crippen MR) is 75.8 cm³/mol. The Morgan fingerprint density at radius 1 is 1.32 bits per heavy atom. The number of aromatic amines is 1. The van der Waals surface area contributed by atoms with E-state index in [0.717, 1.165) is 16.8 Å². The molecule has 0 saturated heterocycles. The summed E-state index contributed by atoms with van der Waals surface area (Å²) in [5, 5.41) is 1.86. The maximum absolute atomic E-state index is 11.8. The van der Waals surface area contributed by atoms with Gasteiger partial charge in [0.2, 0.25) is 0 Å². The number of benzene rings is 1. The minimum Gasteiger partial charge on any atom is -0.485 e. The van der Waals surface area contributed by atoms with Crippen LogP contribution < -0.4 is 10.3 Å². The zero-order chi connectivity index (χ0) is 13.2. The zero-order valence-electron chi connectivity index (χ0n) is 10.3. The van der Waals surface area contributed by atoms with E-state index in [-0.39, 0.29) is 12.2 Å². The van der Waals surface area contributed by atoms with Crippen LogP contribution in [0.1, 0.15) is 11.4 Å². The number of nitrogens with zero attached hydrogens (tertiary/aromatic N) is 1. The Morgan fingerprint density at radius 3 is 3.00 bits per heavy atom. The lowest BCUT2D eigenvalue weighted by atomic mass is 10.2. The SMILES string of the molecule is Cc1ccccc1OCc1nc2ccsc2c(=O)[nH]1. The summed E-state index contributed by atoms with van der Waals surface area (Å²) in [5.74, 6) is 1.34. The number of hydrogen-bond acceptors (Lipinski definition) is 4. The lowest BCUT2D eigenvalue weighted by molar-refractivity contribution is 0.294. The molecule has 3 aromatic rings. The average molecular weight is 272 g/mol. The first-order valence-corrected chi connectivity index (χ1v) is 6.77. The van der Waals surface area contributed by atoms with Crippen molar-refractivity contribution in [2.45, 2.75) is 13.5 Å². The number of rotatable bonds is 3. The highest BCUT2D eigenvalue weighted by atomic mass is 32.1. The van der Waals surface area contributed by atoms with Crippen molar-refractivity contribution in [3.63, 3.8) is 0 Å². The normalized spacial score (nSPS) is 10.8. The molecule has 96 valence electrons. The lowest BCUT2D eigenvalue weighted by Gasteiger charge is -2.08. The van der Waals surface area contributed by atoms with Gasteiger partial charge >= 0.3 is 0 Å². The van der Waals surface area contributed by atoms with E-state index < -0.39 is 0 Å². The molecule has 19 heavy (non-hydrogen) atoms. The monoisotopic (exact) mass is 272 g/mol. The fraction of sp³-hybridized carbons (Fsp3) is 0.143. The van der Waals surface area contributed by atoms with Crippen molar-refractivity contribution >= 4 is 21.6 Å². The quantitative estimate of drug-likeness (QED) is 0.797. The van der Waals surface area contributed by atoms with E-state index >= 15 is 0 Å². The number of fused-ring (bicyclic) bond motifs is 1. The van der Waals surface area contributed by atoms with Crippen molar-refractivity contribution in [1.29, 1.82) is 0 Å². The summed E-state index contributed by atoms with van der Waals surface area (Å²) < 4.78 is 6.33. The lowest BCUT2D eigenvalue weighted by Crippen LogP contribution is -2.12. The fourth-order valence-electron chi connectivity index (χ4n) is 1.85. The van der Waals surface area contributed by atoms with Gasteiger partial charge in [0.15, 0.2) is 0 Å². The van der Waals surface area contributed by atoms with Crippen LogP contribution in [0.25, 0.3) is 10.2 Å². The summed E-state index contributed by atoms with van der Waals surface area (Å²) >= 11 is 1.39. The Hall–Kier alpha value is -2.14. The molecule has 0 aliphatic rings. The molecule has 2 aromatic heterocycles. The van der Waals surface area contributed by atoms with Gasteiger partial charge in [-0.15, -0.1) is 11.3 Å². The van der Waals surface area contributed by atoms with Gasteiger partial charge in [-0.1, -0.05) is 18.2 Å². The Balaban J connectivity index is 1.86. The molecule has 0 unspecified atom stereocenters. The van der Waals surface area contributed by atoms with Gasteiger partial charge < -0.3 is 9.72 Å². The molecule has 0 spiro atoms. The first-order valence-electron chi connectivity index (χ1n) is 5.89. The Kier molecular flexibility index (Phi) is 3.05. The molecule has 0 atom stereocenters. The van der Waals surface area contributed by atoms with Crippen LogP contribution in [0.15, 0.2) is 40.5 Å². The molecular formula is C14H12N2O2S. The second-order valence-corrected chi connectivity index (χ2v) is 5.12. The average Bonchev–Trinajstić information content (AvgIpc) is 2.87. The number of hydrogen-bond donors (Lipinski definition) is 1. The highest BCUT2D eigenvalue weighted by Gasteiger charge is 2.06. The van der Waals surface area contributed by atoms with Crippen LogP contribution in [0.4, 0.5) is 0 Å². The molecule has 3 rings (SSSR count). The molecule has 0 fully saturated rings. The van der Waals surface area contributed by atoms with Gasteiger partial charge in [-0.05, 0) is 30.0 Å². The number of ether oxygens (including phenoxy) is 1. The number of H-pyrrole nitrogens is 1. The summed E-state index contributed by atoms with van der Waals surface area (Å²) in [4.78, 5) is 18.9. The van der Waals surface area contributed by atoms with Crippen molar-refractivity contribution in [3.8, 4) is 5.75 Å². The van der Waals surface area contributed by atoms with Crippen LogP contribution in [0.5, 0.6) is 5.75 Å². The second-order valence-electron chi connectivity index (χ2n) is 4.20. The van der Waals surface area contributed by atoms with Gasteiger partial charge in [-0.2, -0.15) is 0 Å². The molecule has 1 aromatic carbocycles. The standard InChI is InChI=1S/C14H12N2O2S/c1-9-4-2-3-5-11(9)18-8-12-15-10-6-7-19-13(10)14(17)16-12/h2-7H,8H2,1H3,(H,15,16,17). The molecule has 0 amide bonds. The van der Waals surface area contributed by atoms with Crippen LogP contribution in [0.3, 0.4) is 0 Å². The Bertz CT molecular complexity index is 776. The largest absolute Gasteiger partial charge is 0.485 e. The van der Waals surface area contributed by atoms with Crippen molar-refractivity contribution in [3.05, 3.63) is 57.5 Å². The van der Waals surface area contributed by atoms with Crippen molar-refractivity contribution < 1.29 is 4.74 Å². The van der Waals surface area contributed by atoms with E-state index in [9.17, 15) is 4.79 Å². The van der Waals surface area contributed by atoms with Gasteiger partial charge in [0, 0.05) is 0 Å². The van der Waals surface area contributed by atoms with E-state index in [1.54, 1.807) is 0 Å². The highest BCUT2D eigenvalue weighted by Crippen LogP contribution is 2.18. The molecule has 0 aliphatic heterocycles. The maximum Gasteiger partial charge on any atom is 0.268 e. The molecule has 5 heteroatoms. The van der Waals surface area contributed by atoms with Crippen LogP contribution in [-0.2, 0) is 6.61 Å². The molecule has 0 saturated carbocycles. The van der Waals surface area contributed by atoms with Crippen LogP contribution in [0, 0.1) is 6.92 Å². The highest BCUT2D eigenvalue weighted by molar-refractivity contribution is 7.17. The van der Waals surface area contributed by atoms with Gasteiger partial charge in [0.25, 0.3) is 5.56 Å². The summed E-state index contributed by atoms with van der Waals surface area (Å²) in [5.41, 5.74) is 1.67. The van der Waals surface area contributed by atoms with Crippen LogP contribution in [-0.4, -0.2) is 9.97 Å². The third-order valence-electron chi connectivity index (χ3n) is 2.82. The third-order valence-corrected chi connectivity index (χ3v) is 3.72. The van der Waals surface area contributed by atoms with Crippen LogP contribution >= 0.6 is 11.3 Å². The molecule has 0 bridgehead atoms. The number of para-hydroxylation sites is 1.